The summed E-state index contributed by atoms with van der Waals surface area (Å²) in [7, 11) is 0. The predicted molar refractivity (Wildman–Crippen MR) is 95.5 cm³/mol. The number of carbonyl (C=O) groups excluding carboxylic acids is 2. The van der Waals surface area contributed by atoms with Crippen molar-refractivity contribution in [1.29, 1.82) is 5.26 Å². The molecular weight excluding hydrogens is 336 g/mol. The van der Waals surface area contributed by atoms with E-state index < -0.39 is 11.9 Å². The van der Waals surface area contributed by atoms with Crippen molar-refractivity contribution in [3.8, 4) is 11.8 Å². The minimum absolute atomic E-state index is 0.0833. The smallest absolute Gasteiger partial charge is 0.316 e. The van der Waals surface area contributed by atoms with Crippen LogP contribution in [0.3, 0.4) is 0 Å². The van der Waals surface area contributed by atoms with Crippen LogP contribution in [0.1, 0.15) is 12.0 Å². The Labute approximate surface area is 150 Å². The van der Waals surface area contributed by atoms with Gasteiger partial charge in [-0.3, -0.25) is 9.59 Å². The molecule has 1 saturated heterocycles. The number of benzene rings is 2. The first-order valence-electron chi connectivity index (χ1n) is 7.77. The molecule has 1 amide bonds. The highest BCUT2D eigenvalue weighted by Crippen LogP contribution is 2.29. The SMILES string of the molecule is CSc1cccc(N2CC(C(=O)Oc3ccc(C#N)cc3)CC2=O)c1. The Kier molecular flexibility index (Phi) is 5.05. The molecule has 0 N–H and O–H groups in total. The zero-order chi connectivity index (χ0) is 17.8. The van der Waals surface area contributed by atoms with E-state index in [1.165, 1.54) is 0 Å². The summed E-state index contributed by atoms with van der Waals surface area (Å²) in [6.07, 6.45) is 2.11. The lowest BCUT2D eigenvalue weighted by Crippen LogP contribution is -2.27. The average molecular weight is 352 g/mol. The minimum Gasteiger partial charge on any atom is -0.426 e. The molecule has 1 aliphatic heterocycles. The Morgan fingerprint density at radius 3 is 2.72 bits per heavy atom. The molecule has 1 fully saturated rings. The molecule has 2 aromatic carbocycles. The number of ether oxygens (including phenoxy) is 1. The third-order valence-electron chi connectivity index (χ3n) is 4.03. The van der Waals surface area contributed by atoms with E-state index in [2.05, 4.69) is 0 Å². The molecule has 0 aromatic heterocycles. The van der Waals surface area contributed by atoms with Crippen molar-refractivity contribution in [3.05, 3.63) is 54.1 Å². The van der Waals surface area contributed by atoms with E-state index in [1.54, 1.807) is 40.9 Å². The van der Waals surface area contributed by atoms with Gasteiger partial charge in [0.15, 0.2) is 0 Å². The van der Waals surface area contributed by atoms with E-state index in [1.807, 2.05) is 36.6 Å². The summed E-state index contributed by atoms with van der Waals surface area (Å²) < 4.78 is 5.34. The monoisotopic (exact) mass is 352 g/mol. The van der Waals surface area contributed by atoms with Crippen molar-refractivity contribution in [3.63, 3.8) is 0 Å². The lowest BCUT2D eigenvalue weighted by molar-refractivity contribution is -0.139. The Morgan fingerprint density at radius 1 is 1.28 bits per heavy atom. The first-order chi connectivity index (χ1) is 12.1. The van der Waals surface area contributed by atoms with Crippen molar-refractivity contribution in [2.24, 2.45) is 5.92 Å². The van der Waals surface area contributed by atoms with Gasteiger partial charge in [-0.15, -0.1) is 11.8 Å². The number of carbonyl (C=O) groups is 2. The maximum atomic E-state index is 12.3. The lowest BCUT2D eigenvalue weighted by Gasteiger charge is -2.17. The molecule has 126 valence electrons. The highest BCUT2D eigenvalue weighted by Gasteiger charge is 2.36. The van der Waals surface area contributed by atoms with Crippen LogP contribution in [0, 0.1) is 17.2 Å². The lowest BCUT2D eigenvalue weighted by atomic mass is 10.1. The van der Waals surface area contributed by atoms with Gasteiger partial charge in [0, 0.05) is 23.5 Å². The fraction of sp³-hybridized carbons (Fsp3) is 0.211. The number of amides is 1. The van der Waals surface area contributed by atoms with E-state index in [0.717, 1.165) is 10.6 Å². The highest BCUT2D eigenvalue weighted by molar-refractivity contribution is 7.98. The molecular formula is C19H16N2O3S. The standard InChI is InChI=1S/C19H16N2O3S/c1-25-17-4-2-3-15(10-17)21-12-14(9-18(21)22)19(23)24-16-7-5-13(11-20)6-8-16/h2-8,10,14H,9,12H2,1H3. The number of nitrogens with zero attached hydrogens (tertiary/aromatic N) is 2. The fourth-order valence-corrected chi connectivity index (χ4v) is 3.14. The maximum Gasteiger partial charge on any atom is 0.316 e. The van der Waals surface area contributed by atoms with Crippen LogP contribution in [0.4, 0.5) is 5.69 Å². The number of esters is 1. The van der Waals surface area contributed by atoms with Crippen molar-refractivity contribution in [1.82, 2.24) is 0 Å². The molecule has 3 rings (SSSR count). The second kappa shape index (κ2) is 7.41. The van der Waals surface area contributed by atoms with Crippen molar-refractivity contribution >= 4 is 29.3 Å². The van der Waals surface area contributed by atoms with Crippen LogP contribution in [0.15, 0.2) is 53.4 Å². The van der Waals surface area contributed by atoms with Gasteiger partial charge < -0.3 is 9.64 Å². The van der Waals surface area contributed by atoms with E-state index >= 15 is 0 Å². The number of anilines is 1. The molecule has 2 aromatic rings. The van der Waals surface area contributed by atoms with Crippen LogP contribution >= 0.6 is 11.8 Å². The second-order valence-electron chi connectivity index (χ2n) is 5.66. The summed E-state index contributed by atoms with van der Waals surface area (Å²) in [5, 5.41) is 8.78. The largest absolute Gasteiger partial charge is 0.426 e. The van der Waals surface area contributed by atoms with Gasteiger partial charge in [-0.05, 0) is 48.7 Å². The predicted octanol–water partition coefficient (Wildman–Crippen LogP) is 3.24. The summed E-state index contributed by atoms with van der Waals surface area (Å²) in [5.74, 6) is -0.637. The molecule has 0 radical (unpaired) electrons. The van der Waals surface area contributed by atoms with Crippen LogP contribution in [-0.4, -0.2) is 24.7 Å². The number of nitriles is 1. The molecule has 1 atom stereocenters. The Bertz CT molecular complexity index is 842. The maximum absolute atomic E-state index is 12.3. The second-order valence-corrected chi connectivity index (χ2v) is 6.54. The third kappa shape index (κ3) is 3.83. The van der Waals surface area contributed by atoms with E-state index in [4.69, 9.17) is 10.00 Å². The quantitative estimate of drug-likeness (QED) is 0.480. The first-order valence-corrected chi connectivity index (χ1v) is 8.99. The van der Waals surface area contributed by atoms with Crippen molar-refractivity contribution in [2.75, 3.05) is 17.7 Å². The Balaban J connectivity index is 1.68. The van der Waals surface area contributed by atoms with Gasteiger partial charge in [-0.1, -0.05) is 6.07 Å². The highest BCUT2D eigenvalue weighted by atomic mass is 32.2. The summed E-state index contributed by atoms with van der Waals surface area (Å²) >= 11 is 1.60. The van der Waals surface area contributed by atoms with Gasteiger partial charge in [-0.25, -0.2) is 0 Å². The van der Waals surface area contributed by atoms with Gasteiger partial charge in [0.1, 0.15) is 5.75 Å². The molecule has 0 spiro atoms. The van der Waals surface area contributed by atoms with Crippen LogP contribution < -0.4 is 9.64 Å². The van der Waals surface area contributed by atoms with Gasteiger partial charge in [-0.2, -0.15) is 5.26 Å². The molecule has 0 aliphatic carbocycles. The Morgan fingerprint density at radius 2 is 2.04 bits per heavy atom. The number of hydrogen-bond donors (Lipinski definition) is 0. The summed E-state index contributed by atoms with van der Waals surface area (Å²) in [5.41, 5.74) is 1.29. The summed E-state index contributed by atoms with van der Waals surface area (Å²) in [6, 6.07) is 16.0. The molecule has 5 nitrogen and oxygen atoms in total. The number of rotatable bonds is 4. The van der Waals surface area contributed by atoms with Crippen LogP contribution in [0.25, 0.3) is 0 Å². The molecule has 6 heteroatoms. The Hall–Kier alpha value is -2.78. The van der Waals surface area contributed by atoms with Crippen molar-refractivity contribution in [2.45, 2.75) is 11.3 Å². The van der Waals surface area contributed by atoms with Crippen LogP contribution in [0.2, 0.25) is 0 Å². The van der Waals surface area contributed by atoms with E-state index in [-0.39, 0.29) is 12.3 Å². The topological polar surface area (TPSA) is 70.4 Å². The van der Waals surface area contributed by atoms with E-state index in [0.29, 0.717) is 17.9 Å². The summed E-state index contributed by atoms with van der Waals surface area (Å²) in [6.45, 7) is 0.311. The fourth-order valence-electron chi connectivity index (χ4n) is 2.69. The first kappa shape index (κ1) is 17.1. The molecule has 1 aliphatic rings. The zero-order valence-corrected chi connectivity index (χ0v) is 14.5. The summed E-state index contributed by atoms with van der Waals surface area (Å²) in [4.78, 5) is 27.3. The third-order valence-corrected chi connectivity index (χ3v) is 4.75. The molecule has 1 unspecified atom stereocenters. The van der Waals surface area contributed by atoms with Gasteiger partial charge >= 0.3 is 5.97 Å². The normalized spacial score (nSPS) is 16.6. The molecule has 1 heterocycles. The van der Waals surface area contributed by atoms with Gasteiger partial charge in [0.2, 0.25) is 5.91 Å². The average Bonchev–Trinajstić information content (AvgIpc) is 3.04. The van der Waals surface area contributed by atoms with Crippen LogP contribution in [0.5, 0.6) is 5.75 Å². The van der Waals surface area contributed by atoms with Gasteiger partial charge in [0.05, 0.1) is 17.6 Å². The van der Waals surface area contributed by atoms with Crippen LogP contribution in [-0.2, 0) is 9.59 Å². The van der Waals surface area contributed by atoms with Crippen molar-refractivity contribution < 1.29 is 14.3 Å². The van der Waals surface area contributed by atoms with E-state index in [9.17, 15) is 9.59 Å². The minimum atomic E-state index is -0.499. The molecule has 0 bridgehead atoms. The number of hydrogen-bond acceptors (Lipinski definition) is 5. The van der Waals surface area contributed by atoms with Gasteiger partial charge in [0.25, 0.3) is 0 Å². The zero-order valence-electron chi connectivity index (χ0n) is 13.6. The molecule has 25 heavy (non-hydrogen) atoms. The molecule has 0 saturated carbocycles. The number of thioether (sulfide) groups is 1.